The highest BCUT2D eigenvalue weighted by atomic mass is 19.1. The molecule has 0 aliphatic carbocycles. The molecule has 3 aromatic heterocycles. The summed E-state index contributed by atoms with van der Waals surface area (Å²) in [6.07, 6.45) is 3.79. The number of amides is 2. The van der Waals surface area contributed by atoms with Gasteiger partial charge < -0.3 is 23.8 Å². The number of rotatable bonds is 9. The van der Waals surface area contributed by atoms with Crippen molar-refractivity contribution in [2.24, 2.45) is 0 Å². The molecule has 1 aromatic carbocycles. The number of nitrogens with one attached hydrogen (secondary N) is 2. The van der Waals surface area contributed by atoms with E-state index in [-0.39, 0.29) is 35.0 Å². The van der Waals surface area contributed by atoms with Crippen molar-refractivity contribution in [2.75, 3.05) is 12.4 Å². The molecule has 2 amide bonds. The Morgan fingerprint density at radius 1 is 1.05 bits per heavy atom. The van der Waals surface area contributed by atoms with E-state index < -0.39 is 23.4 Å². The molecule has 0 saturated carbocycles. The number of carbonyl (C=O) groups excluding carboxylic acids is 2. The highest BCUT2D eigenvalue weighted by Crippen LogP contribution is 2.29. The average Bonchev–Trinajstić information content (AvgIpc) is 3.38. The second-order valence-electron chi connectivity index (χ2n) is 10.1. The normalized spacial score (nSPS) is 11.1. The lowest BCUT2D eigenvalue weighted by atomic mass is 10.1. The Morgan fingerprint density at radius 2 is 1.78 bits per heavy atom. The van der Waals surface area contributed by atoms with Crippen LogP contribution in [0.15, 0.2) is 70.3 Å². The first-order valence-corrected chi connectivity index (χ1v) is 12.7. The SMILES string of the molecule is COc1c(NC(=O)OC(C)(C)C)cnc(CNC(=O)c2cnc(Cc3ccc(Cn4ccccc4=O)cc3)o2)c1F. The van der Waals surface area contributed by atoms with Crippen molar-refractivity contribution in [3.8, 4) is 5.75 Å². The number of ether oxygens (including phenoxy) is 2. The quantitative estimate of drug-likeness (QED) is 0.308. The van der Waals surface area contributed by atoms with Gasteiger partial charge in [-0.2, -0.15) is 0 Å². The van der Waals surface area contributed by atoms with Crippen LogP contribution in [-0.2, 0) is 24.2 Å². The first-order valence-electron chi connectivity index (χ1n) is 12.7. The lowest BCUT2D eigenvalue weighted by Crippen LogP contribution is -2.27. The summed E-state index contributed by atoms with van der Waals surface area (Å²) in [5.74, 6) is -1.43. The predicted molar refractivity (Wildman–Crippen MR) is 147 cm³/mol. The van der Waals surface area contributed by atoms with Gasteiger partial charge in [0.2, 0.25) is 5.76 Å². The van der Waals surface area contributed by atoms with Gasteiger partial charge in [-0.05, 0) is 38.0 Å². The highest BCUT2D eigenvalue weighted by molar-refractivity contribution is 5.91. The highest BCUT2D eigenvalue weighted by Gasteiger charge is 2.22. The Morgan fingerprint density at radius 3 is 2.46 bits per heavy atom. The molecule has 2 N–H and O–H groups in total. The van der Waals surface area contributed by atoms with Crippen LogP contribution in [0.3, 0.4) is 0 Å². The lowest BCUT2D eigenvalue weighted by Gasteiger charge is -2.20. The summed E-state index contributed by atoms with van der Waals surface area (Å²) in [7, 11) is 1.25. The van der Waals surface area contributed by atoms with E-state index in [0.717, 1.165) is 11.1 Å². The number of pyridine rings is 2. The van der Waals surface area contributed by atoms with Crippen molar-refractivity contribution in [2.45, 2.75) is 45.9 Å². The smallest absolute Gasteiger partial charge is 0.412 e. The van der Waals surface area contributed by atoms with Gasteiger partial charge in [0.15, 0.2) is 17.5 Å². The predicted octanol–water partition coefficient (Wildman–Crippen LogP) is 4.30. The Balaban J connectivity index is 1.34. The molecule has 0 saturated heterocycles. The second-order valence-corrected chi connectivity index (χ2v) is 10.1. The van der Waals surface area contributed by atoms with E-state index in [1.165, 1.54) is 25.6 Å². The molecule has 0 aliphatic rings. The van der Waals surface area contributed by atoms with Crippen LogP contribution in [-0.4, -0.2) is 39.2 Å². The lowest BCUT2D eigenvalue weighted by molar-refractivity contribution is 0.0635. The van der Waals surface area contributed by atoms with E-state index in [2.05, 4.69) is 20.6 Å². The Kier molecular flexibility index (Phi) is 8.81. The van der Waals surface area contributed by atoms with Crippen LogP contribution in [0.1, 0.15) is 54.0 Å². The molecule has 0 fully saturated rings. The topological polar surface area (TPSA) is 138 Å². The fourth-order valence-corrected chi connectivity index (χ4v) is 3.81. The number of oxazole rings is 1. The van der Waals surface area contributed by atoms with Crippen molar-refractivity contribution in [3.63, 3.8) is 0 Å². The molecule has 0 unspecified atom stereocenters. The van der Waals surface area contributed by atoms with Crippen molar-refractivity contribution < 1.29 is 27.9 Å². The minimum Gasteiger partial charge on any atom is -0.491 e. The Bertz CT molecular complexity index is 1590. The standard InChI is InChI=1S/C29H30FN5O6/c1-29(2,3)41-28(38)34-21-15-31-20(25(30)26(21)39-4)14-33-27(37)22-16-32-23(40-22)13-18-8-10-19(11-9-18)17-35-12-6-5-7-24(35)36/h5-12,15-16H,13-14,17H2,1-4H3,(H,33,37)(H,34,38). The van der Waals surface area contributed by atoms with Gasteiger partial charge in [-0.3, -0.25) is 19.9 Å². The molecule has 11 nitrogen and oxygen atoms in total. The molecule has 0 bridgehead atoms. The van der Waals surface area contributed by atoms with E-state index in [1.54, 1.807) is 43.7 Å². The molecule has 214 valence electrons. The maximum Gasteiger partial charge on any atom is 0.412 e. The van der Waals surface area contributed by atoms with Crippen molar-refractivity contribution in [1.82, 2.24) is 19.9 Å². The fourth-order valence-electron chi connectivity index (χ4n) is 3.81. The van der Waals surface area contributed by atoms with Crippen LogP contribution in [0.25, 0.3) is 0 Å². The third-order valence-corrected chi connectivity index (χ3v) is 5.71. The summed E-state index contributed by atoms with van der Waals surface area (Å²) in [5.41, 5.74) is 0.914. The molecular formula is C29H30FN5O6. The summed E-state index contributed by atoms with van der Waals surface area (Å²) in [5, 5.41) is 4.94. The number of aromatic nitrogens is 3. The number of carbonyl (C=O) groups is 2. The maximum atomic E-state index is 15.0. The molecule has 41 heavy (non-hydrogen) atoms. The van der Waals surface area contributed by atoms with E-state index in [0.29, 0.717) is 18.9 Å². The molecule has 3 heterocycles. The van der Waals surface area contributed by atoms with Gasteiger partial charge in [0.05, 0.1) is 38.3 Å². The zero-order chi connectivity index (χ0) is 29.6. The monoisotopic (exact) mass is 563 g/mol. The van der Waals surface area contributed by atoms with Gasteiger partial charge >= 0.3 is 6.09 Å². The van der Waals surface area contributed by atoms with Crippen molar-refractivity contribution >= 4 is 17.7 Å². The first kappa shape index (κ1) is 29.0. The number of nitrogens with zero attached hydrogens (tertiary/aromatic N) is 3. The maximum absolute atomic E-state index is 15.0. The number of anilines is 1. The number of methoxy groups -OCH3 is 1. The Labute approximate surface area is 235 Å². The molecule has 4 rings (SSSR count). The van der Waals surface area contributed by atoms with Gasteiger partial charge in [0.25, 0.3) is 11.5 Å². The zero-order valence-corrected chi connectivity index (χ0v) is 23.1. The summed E-state index contributed by atoms with van der Waals surface area (Å²) in [6, 6.07) is 12.6. The summed E-state index contributed by atoms with van der Waals surface area (Å²) < 4.78 is 32.5. The van der Waals surface area contributed by atoms with Crippen molar-refractivity contribution in [1.29, 1.82) is 0 Å². The van der Waals surface area contributed by atoms with Crippen LogP contribution >= 0.6 is 0 Å². The number of hydrogen-bond acceptors (Lipinski definition) is 8. The van der Waals surface area contributed by atoms with E-state index in [4.69, 9.17) is 13.9 Å². The van der Waals surface area contributed by atoms with E-state index in [1.807, 2.05) is 24.3 Å². The number of halogens is 1. The first-order chi connectivity index (χ1) is 19.5. The molecular weight excluding hydrogens is 533 g/mol. The number of benzene rings is 1. The molecule has 0 spiro atoms. The summed E-state index contributed by atoms with van der Waals surface area (Å²) in [4.78, 5) is 44.7. The van der Waals surface area contributed by atoms with E-state index >= 15 is 4.39 Å². The second kappa shape index (κ2) is 12.5. The summed E-state index contributed by atoms with van der Waals surface area (Å²) >= 11 is 0. The average molecular weight is 564 g/mol. The van der Waals surface area contributed by atoms with Crippen LogP contribution in [0.5, 0.6) is 5.75 Å². The molecule has 0 aliphatic heterocycles. The van der Waals surface area contributed by atoms with Gasteiger partial charge in [0, 0.05) is 18.7 Å². The fraction of sp³-hybridized carbons (Fsp3) is 0.276. The Hall–Kier alpha value is -5.00. The van der Waals surface area contributed by atoms with Crippen LogP contribution in [0.4, 0.5) is 14.9 Å². The minimum absolute atomic E-state index is 0.0174. The largest absolute Gasteiger partial charge is 0.491 e. The third-order valence-electron chi connectivity index (χ3n) is 5.71. The van der Waals surface area contributed by atoms with Gasteiger partial charge in [0.1, 0.15) is 11.3 Å². The van der Waals surface area contributed by atoms with E-state index in [9.17, 15) is 14.4 Å². The molecule has 12 heteroatoms. The third kappa shape index (κ3) is 7.78. The van der Waals surface area contributed by atoms with Gasteiger partial charge in [-0.15, -0.1) is 0 Å². The van der Waals surface area contributed by atoms with Crippen molar-refractivity contribution in [3.05, 3.63) is 106 Å². The summed E-state index contributed by atoms with van der Waals surface area (Å²) in [6.45, 7) is 5.27. The molecule has 0 atom stereocenters. The zero-order valence-electron chi connectivity index (χ0n) is 23.1. The minimum atomic E-state index is -0.847. The van der Waals surface area contributed by atoms with Gasteiger partial charge in [-0.1, -0.05) is 30.3 Å². The van der Waals surface area contributed by atoms with Crippen LogP contribution < -0.4 is 20.9 Å². The number of hydrogen-bond donors (Lipinski definition) is 2. The molecule has 4 aromatic rings. The molecule has 0 radical (unpaired) electrons. The van der Waals surface area contributed by atoms with Crippen LogP contribution in [0.2, 0.25) is 0 Å². The van der Waals surface area contributed by atoms with Crippen LogP contribution in [0, 0.1) is 5.82 Å². The van der Waals surface area contributed by atoms with Gasteiger partial charge in [-0.25, -0.2) is 14.2 Å².